The van der Waals surface area contributed by atoms with Gasteiger partial charge in [0, 0.05) is 27.8 Å². The van der Waals surface area contributed by atoms with Crippen LogP contribution in [0.4, 0.5) is 5.69 Å². The molecule has 2 bridgehead atoms. The van der Waals surface area contributed by atoms with Crippen molar-refractivity contribution in [1.82, 2.24) is 10.2 Å². The highest BCUT2D eigenvalue weighted by Gasteiger charge is 2.73. The molecule has 2 aliphatic carbocycles. The molecule has 0 unspecified atom stereocenters. The molecule has 2 saturated carbocycles. The van der Waals surface area contributed by atoms with E-state index in [0.29, 0.717) is 27.6 Å². The summed E-state index contributed by atoms with van der Waals surface area (Å²) in [4.78, 5) is 44.4. The minimum Gasteiger partial charge on any atom is -0.359 e. The monoisotopic (exact) mass is 601 g/mol. The predicted molar refractivity (Wildman–Crippen MR) is 160 cm³/mol. The maximum Gasteiger partial charge on any atom is 0.246 e. The fourth-order valence-corrected chi connectivity index (χ4v) is 8.74. The molecule has 1 spiro atoms. The third-order valence-corrected chi connectivity index (χ3v) is 10.9. The normalized spacial score (nSPS) is 37.0. The van der Waals surface area contributed by atoms with Gasteiger partial charge in [-0.2, -0.15) is 0 Å². The Bertz CT molecular complexity index is 1210. The Morgan fingerprint density at radius 2 is 1.61 bits per heavy atom. The van der Waals surface area contributed by atoms with Gasteiger partial charge in [0.2, 0.25) is 17.7 Å². The lowest BCUT2D eigenvalue weighted by atomic mass is 9.73. The quantitative estimate of drug-likeness (QED) is 0.397. The molecule has 2 N–H and O–H groups in total. The lowest BCUT2D eigenvalue weighted by molar-refractivity contribution is -0.144. The van der Waals surface area contributed by atoms with E-state index in [4.69, 9.17) is 27.9 Å². The van der Waals surface area contributed by atoms with Crippen molar-refractivity contribution in [2.75, 3.05) is 5.32 Å². The molecule has 0 radical (unpaired) electrons. The van der Waals surface area contributed by atoms with Gasteiger partial charge in [-0.3, -0.25) is 14.4 Å². The van der Waals surface area contributed by atoms with Gasteiger partial charge in [0.15, 0.2) is 0 Å². The summed E-state index contributed by atoms with van der Waals surface area (Å²) in [6, 6.07) is 4.07. The highest BCUT2D eigenvalue weighted by atomic mass is 35.5. The Balaban J connectivity index is 1.33. The van der Waals surface area contributed by atoms with Crippen LogP contribution < -0.4 is 10.6 Å². The molecular formula is C32H41Cl2N3O4. The second-order valence-electron chi connectivity index (χ2n) is 13.0. The average molecular weight is 603 g/mol. The van der Waals surface area contributed by atoms with Crippen molar-refractivity contribution in [3.63, 3.8) is 0 Å². The predicted octanol–water partition coefficient (Wildman–Crippen LogP) is 6.14. The zero-order chi connectivity index (χ0) is 28.9. The van der Waals surface area contributed by atoms with E-state index in [0.717, 1.165) is 57.8 Å². The number of amides is 3. The first-order chi connectivity index (χ1) is 19.7. The Morgan fingerprint density at radius 1 is 0.927 bits per heavy atom. The summed E-state index contributed by atoms with van der Waals surface area (Å²) in [5.41, 5.74) is -0.698. The number of rotatable bonds is 5. The van der Waals surface area contributed by atoms with E-state index in [1.54, 1.807) is 18.2 Å². The first-order valence-corrected chi connectivity index (χ1v) is 16.2. The number of halogens is 2. The minimum absolute atomic E-state index is 0.0484. The maximum absolute atomic E-state index is 14.5. The van der Waals surface area contributed by atoms with Gasteiger partial charge in [-0.25, -0.2) is 0 Å². The molecule has 0 aromatic heterocycles. The van der Waals surface area contributed by atoms with Crippen LogP contribution in [0.3, 0.4) is 0 Å². The van der Waals surface area contributed by atoms with E-state index in [9.17, 15) is 14.4 Å². The summed E-state index contributed by atoms with van der Waals surface area (Å²) < 4.78 is 6.57. The van der Waals surface area contributed by atoms with Crippen molar-refractivity contribution < 1.29 is 19.1 Å². The zero-order valence-corrected chi connectivity index (χ0v) is 25.4. The third kappa shape index (κ3) is 5.21. The van der Waals surface area contributed by atoms with Crippen LogP contribution in [0.25, 0.3) is 0 Å². The van der Waals surface area contributed by atoms with Gasteiger partial charge in [-0.05, 0) is 49.3 Å². The van der Waals surface area contributed by atoms with Crippen LogP contribution in [0.1, 0.15) is 78.1 Å². The Labute approximate surface area is 252 Å². The number of carbonyl (C=O) groups is 3. The smallest absolute Gasteiger partial charge is 0.246 e. The van der Waals surface area contributed by atoms with Gasteiger partial charge in [0.1, 0.15) is 11.6 Å². The molecule has 1 aromatic rings. The van der Waals surface area contributed by atoms with Crippen molar-refractivity contribution >= 4 is 46.6 Å². The minimum atomic E-state index is -1.16. The molecule has 7 nitrogen and oxygen atoms in total. The van der Waals surface area contributed by atoms with Crippen molar-refractivity contribution in [3.05, 3.63) is 40.4 Å². The van der Waals surface area contributed by atoms with E-state index < -0.39 is 29.6 Å². The average Bonchev–Trinajstić information content (AvgIpc) is 3.53. The van der Waals surface area contributed by atoms with E-state index in [-0.39, 0.29) is 29.8 Å². The number of carbonyl (C=O) groups excluding carboxylic acids is 3. The number of likely N-dealkylation sites (tertiary alicyclic amines) is 1. The molecule has 3 aliphatic heterocycles. The van der Waals surface area contributed by atoms with Crippen molar-refractivity contribution in [3.8, 4) is 0 Å². The summed E-state index contributed by atoms with van der Waals surface area (Å²) in [5.74, 6) is -1.26. The molecule has 5 aliphatic rings. The molecule has 3 amide bonds. The molecule has 2 saturated heterocycles. The standard InChI is InChI=1S/C32H41Cl2N3O4/c1-18-9-8-12-24(19(18)2)36-30(39)28-32-14-13-25(41-32)26(29(38)35-22-16-20(33)15-21(34)17-22)27(32)31(40)37(28)23-10-6-4-3-5-7-11-23/h13-19,23-28H,3-12H2,1-2H3,(H,35,38)(H,36,39)/t18-,19-,24+,25+,26-,27+,28+,32+/m1/s1. The van der Waals surface area contributed by atoms with Crippen molar-refractivity contribution in [2.24, 2.45) is 23.7 Å². The zero-order valence-electron chi connectivity index (χ0n) is 23.9. The molecule has 41 heavy (non-hydrogen) atoms. The number of hydrogen-bond donors (Lipinski definition) is 2. The highest BCUT2D eigenvalue weighted by Crippen LogP contribution is 2.56. The highest BCUT2D eigenvalue weighted by molar-refractivity contribution is 6.35. The molecule has 222 valence electrons. The van der Waals surface area contributed by atoms with Gasteiger partial charge in [-0.15, -0.1) is 0 Å². The Hall–Kier alpha value is -2.09. The van der Waals surface area contributed by atoms with Gasteiger partial charge in [0.25, 0.3) is 0 Å². The van der Waals surface area contributed by atoms with E-state index in [1.165, 1.54) is 6.42 Å². The largest absolute Gasteiger partial charge is 0.359 e. The fraction of sp³-hybridized carbons (Fsp3) is 0.656. The molecular weight excluding hydrogens is 561 g/mol. The van der Waals surface area contributed by atoms with Gasteiger partial charge in [-0.1, -0.05) is 94.1 Å². The van der Waals surface area contributed by atoms with Crippen LogP contribution >= 0.6 is 23.2 Å². The first kappa shape index (κ1) is 29.0. The first-order valence-electron chi connectivity index (χ1n) is 15.5. The SMILES string of the molecule is C[C@@H]1[C@H](C)CCC[C@@H]1NC(=O)[C@@H]1N(C2CCCCCCC2)C(=O)[C@@H]2[C@H](C(=O)Nc3cc(Cl)cc(Cl)c3)[C@@H]3C=C[C@]21O3. The third-order valence-electron chi connectivity index (χ3n) is 10.5. The van der Waals surface area contributed by atoms with Gasteiger partial charge in [0.05, 0.1) is 17.9 Å². The van der Waals surface area contributed by atoms with Crippen LogP contribution in [0.5, 0.6) is 0 Å². The van der Waals surface area contributed by atoms with E-state index in [2.05, 4.69) is 24.5 Å². The molecule has 6 rings (SSSR count). The number of nitrogens with zero attached hydrogens (tertiary/aromatic N) is 1. The number of benzene rings is 1. The van der Waals surface area contributed by atoms with Crippen LogP contribution in [0.2, 0.25) is 10.0 Å². The molecule has 8 atom stereocenters. The van der Waals surface area contributed by atoms with Gasteiger partial charge >= 0.3 is 0 Å². The van der Waals surface area contributed by atoms with Crippen LogP contribution in [-0.2, 0) is 19.1 Å². The lowest BCUT2D eigenvalue weighted by Gasteiger charge is -2.40. The Morgan fingerprint density at radius 3 is 2.32 bits per heavy atom. The summed E-state index contributed by atoms with van der Waals surface area (Å²) >= 11 is 12.3. The maximum atomic E-state index is 14.5. The summed E-state index contributed by atoms with van der Waals surface area (Å²) in [7, 11) is 0. The van der Waals surface area contributed by atoms with Crippen molar-refractivity contribution in [1.29, 1.82) is 0 Å². The number of ether oxygens (including phenoxy) is 1. The number of hydrogen-bond acceptors (Lipinski definition) is 4. The lowest BCUT2D eigenvalue weighted by Crippen LogP contribution is -2.59. The second kappa shape index (κ2) is 11.5. The van der Waals surface area contributed by atoms with Crippen LogP contribution in [0, 0.1) is 23.7 Å². The van der Waals surface area contributed by atoms with Crippen LogP contribution in [0.15, 0.2) is 30.4 Å². The number of fused-ring (bicyclic) bond motifs is 1. The van der Waals surface area contributed by atoms with E-state index >= 15 is 0 Å². The Kier molecular flexibility index (Phi) is 8.16. The van der Waals surface area contributed by atoms with Gasteiger partial charge < -0.3 is 20.3 Å². The molecule has 9 heteroatoms. The number of nitrogens with one attached hydrogen (secondary N) is 2. The van der Waals surface area contributed by atoms with Crippen molar-refractivity contribution in [2.45, 2.75) is 108 Å². The topological polar surface area (TPSA) is 87.7 Å². The second-order valence-corrected chi connectivity index (χ2v) is 13.8. The summed E-state index contributed by atoms with van der Waals surface area (Å²) in [6.45, 7) is 4.46. The number of anilines is 1. The molecule has 1 aromatic carbocycles. The summed E-state index contributed by atoms with van der Waals surface area (Å²) in [5, 5.41) is 7.10. The molecule has 4 fully saturated rings. The summed E-state index contributed by atoms with van der Waals surface area (Å²) in [6.07, 6.45) is 13.6. The molecule has 3 heterocycles. The van der Waals surface area contributed by atoms with E-state index in [1.807, 2.05) is 17.1 Å². The fourth-order valence-electron chi connectivity index (χ4n) is 8.21. The van der Waals surface area contributed by atoms with Crippen LogP contribution in [-0.4, -0.2) is 52.5 Å².